The number of hydrogen-bond acceptors (Lipinski definition) is 5. The fourth-order valence-corrected chi connectivity index (χ4v) is 1.59. The summed E-state index contributed by atoms with van der Waals surface area (Å²) in [5.74, 6) is -0.118. The van der Waals surface area contributed by atoms with E-state index in [0.717, 1.165) is 0 Å². The van der Waals surface area contributed by atoms with E-state index in [9.17, 15) is 9.90 Å². The molecule has 0 atom stereocenters. The van der Waals surface area contributed by atoms with Crippen LogP contribution in [0.1, 0.15) is 27.7 Å². The minimum absolute atomic E-state index is 0.357. The molecule has 6 nitrogen and oxygen atoms in total. The van der Waals surface area contributed by atoms with Crippen molar-refractivity contribution in [2.24, 2.45) is 0 Å². The van der Waals surface area contributed by atoms with Crippen molar-refractivity contribution < 1.29 is 14.6 Å². The summed E-state index contributed by atoms with van der Waals surface area (Å²) in [6.07, 6.45) is 1.56. The Morgan fingerprint density at radius 3 is 2.67 bits per heavy atom. The van der Waals surface area contributed by atoms with Crippen LogP contribution in [0.15, 0.2) is 12.3 Å². The quantitative estimate of drug-likeness (QED) is 0.829. The molecule has 0 fully saturated rings. The van der Waals surface area contributed by atoms with Gasteiger partial charge in [0.2, 0.25) is 11.8 Å². The van der Waals surface area contributed by atoms with Crippen LogP contribution in [0.25, 0.3) is 0 Å². The van der Waals surface area contributed by atoms with E-state index in [2.05, 4.69) is 9.97 Å². The highest BCUT2D eigenvalue weighted by atomic mass is 16.5. The maximum absolute atomic E-state index is 11.3. The fraction of sp³-hybridized carbons (Fsp3) is 0.583. The molecule has 100 valence electrons. The molecule has 0 aliphatic heterocycles. The SMILES string of the molecule is CCOc1ccnc(N(CC)C(C)(C)C(=O)O)n1. The minimum Gasteiger partial charge on any atom is -0.480 e. The van der Waals surface area contributed by atoms with Gasteiger partial charge in [0.05, 0.1) is 6.61 Å². The first-order chi connectivity index (χ1) is 8.43. The number of rotatable bonds is 6. The van der Waals surface area contributed by atoms with Gasteiger partial charge in [0.15, 0.2) is 0 Å². The van der Waals surface area contributed by atoms with Crippen molar-refractivity contribution in [1.29, 1.82) is 0 Å². The fourth-order valence-electron chi connectivity index (χ4n) is 1.59. The van der Waals surface area contributed by atoms with Gasteiger partial charge in [-0.3, -0.25) is 0 Å². The monoisotopic (exact) mass is 253 g/mol. The van der Waals surface area contributed by atoms with E-state index < -0.39 is 11.5 Å². The zero-order valence-corrected chi connectivity index (χ0v) is 11.2. The number of nitrogens with zero attached hydrogens (tertiary/aromatic N) is 3. The lowest BCUT2D eigenvalue weighted by Crippen LogP contribution is -2.51. The van der Waals surface area contributed by atoms with Gasteiger partial charge in [-0.25, -0.2) is 9.78 Å². The summed E-state index contributed by atoms with van der Waals surface area (Å²) in [6.45, 7) is 7.97. The van der Waals surface area contributed by atoms with Gasteiger partial charge >= 0.3 is 5.97 Å². The Hall–Kier alpha value is -1.85. The molecule has 0 unspecified atom stereocenters. The summed E-state index contributed by atoms with van der Waals surface area (Å²) in [6, 6.07) is 1.65. The molecular formula is C12H19N3O3. The summed E-state index contributed by atoms with van der Waals surface area (Å²) >= 11 is 0. The van der Waals surface area contributed by atoms with Gasteiger partial charge in [0, 0.05) is 18.8 Å². The van der Waals surface area contributed by atoms with Crippen molar-refractivity contribution in [1.82, 2.24) is 9.97 Å². The maximum Gasteiger partial charge on any atom is 0.329 e. The lowest BCUT2D eigenvalue weighted by molar-refractivity contribution is -0.142. The Balaban J connectivity index is 3.09. The molecule has 0 saturated heterocycles. The average molecular weight is 253 g/mol. The molecule has 0 aromatic carbocycles. The minimum atomic E-state index is -1.07. The van der Waals surface area contributed by atoms with Crippen LogP contribution in [0.3, 0.4) is 0 Å². The zero-order chi connectivity index (χ0) is 13.8. The summed E-state index contributed by atoms with van der Waals surface area (Å²) in [5, 5.41) is 9.25. The van der Waals surface area contributed by atoms with Crippen LogP contribution in [0.5, 0.6) is 5.88 Å². The topological polar surface area (TPSA) is 75.5 Å². The van der Waals surface area contributed by atoms with Crippen molar-refractivity contribution in [3.63, 3.8) is 0 Å². The molecule has 0 aliphatic carbocycles. The molecule has 1 N–H and O–H groups in total. The molecule has 1 aromatic rings. The molecule has 0 amide bonds. The van der Waals surface area contributed by atoms with E-state index in [0.29, 0.717) is 25.0 Å². The Kier molecular flexibility index (Phi) is 4.47. The van der Waals surface area contributed by atoms with E-state index >= 15 is 0 Å². The average Bonchev–Trinajstić information content (AvgIpc) is 2.30. The zero-order valence-electron chi connectivity index (χ0n) is 11.2. The third kappa shape index (κ3) is 2.88. The lowest BCUT2D eigenvalue weighted by atomic mass is 10.0. The Morgan fingerprint density at radius 2 is 2.17 bits per heavy atom. The van der Waals surface area contributed by atoms with E-state index in [-0.39, 0.29) is 0 Å². The highest BCUT2D eigenvalue weighted by Crippen LogP contribution is 2.22. The van der Waals surface area contributed by atoms with Crippen LogP contribution in [0, 0.1) is 0 Å². The van der Waals surface area contributed by atoms with Gasteiger partial charge in [-0.05, 0) is 27.7 Å². The Bertz CT molecular complexity index is 421. The number of carbonyl (C=O) groups is 1. The first kappa shape index (κ1) is 14.2. The normalized spacial score (nSPS) is 11.1. The number of likely N-dealkylation sites (N-methyl/N-ethyl adjacent to an activating group) is 1. The van der Waals surface area contributed by atoms with E-state index in [1.165, 1.54) is 0 Å². The Morgan fingerprint density at radius 1 is 1.50 bits per heavy atom. The highest BCUT2D eigenvalue weighted by Gasteiger charge is 2.35. The highest BCUT2D eigenvalue weighted by molar-refractivity contribution is 5.81. The van der Waals surface area contributed by atoms with Crippen LogP contribution in [-0.4, -0.2) is 39.7 Å². The largest absolute Gasteiger partial charge is 0.480 e. The van der Waals surface area contributed by atoms with Gasteiger partial charge in [-0.2, -0.15) is 4.98 Å². The number of aliphatic carboxylic acids is 1. The summed E-state index contributed by atoms with van der Waals surface area (Å²) in [5.41, 5.74) is -1.07. The number of carboxylic acids is 1. The molecule has 6 heteroatoms. The molecule has 0 spiro atoms. The summed E-state index contributed by atoms with van der Waals surface area (Å²) < 4.78 is 5.29. The van der Waals surface area contributed by atoms with Crippen LogP contribution < -0.4 is 9.64 Å². The van der Waals surface area contributed by atoms with Crippen molar-refractivity contribution in [2.75, 3.05) is 18.1 Å². The standard InChI is InChI=1S/C12H19N3O3/c1-5-15(12(3,4)10(16)17)11-13-8-7-9(14-11)18-6-2/h7-8H,5-6H2,1-4H3,(H,16,17). The molecular weight excluding hydrogens is 234 g/mol. The van der Waals surface area contributed by atoms with Crippen LogP contribution in [0.4, 0.5) is 5.95 Å². The second-order valence-electron chi connectivity index (χ2n) is 4.24. The van der Waals surface area contributed by atoms with Crippen LogP contribution >= 0.6 is 0 Å². The van der Waals surface area contributed by atoms with Crippen LogP contribution in [-0.2, 0) is 4.79 Å². The van der Waals surface area contributed by atoms with Gasteiger partial charge < -0.3 is 14.7 Å². The van der Waals surface area contributed by atoms with E-state index in [1.54, 1.807) is 31.0 Å². The number of anilines is 1. The molecule has 0 saturated carbocycles. The predicted octanol–water partition coefficient (Wildman–Crippen LogP) is 1.56. The third-order valence-electron chi connectivity index (χ3n) is 2.67. The van der Waals surface area contributed by atoms with E-state index in [1.807, 2.05) is 13.8 Å². The summed E-state index contributed by atoms with van der Waals surface area (Å²) in [7, 11) is 0. The van der Waals surface area contributed by atoms with Crippen molar-refractivity contribution in [3.8, 4) is 5.88 Å². The van der Waals surface area contributed by atoms with E-state index in [4.69, 9.17) is 4.74 Å². The smallest absolute Gasteiger partial charge is 0.329 e. The van der Waals surface area contributed by atoms with Gasteiger partial charge in [0.25, 0.3) is 0 Å². The Labute approximate surface area is 107 Å². The van der Waals surface area contributed by atoms with Gasteiger partial charge in [-0.15, -0.1) is 0 Å². The van der Waals surface area contributed by atoms with Crippen molar-refractivity contribution in [3.05, 3.63) is 12.3 Å². The number of aromatic nitrogens is 2. The number of carboxylic acid groups (broad SMARTS) is 1. The molecule has 1 heterocycles. The number of ether oxygens (including phenoxy) is 1. The molecule has 0 radical (unpaired) electrons. The number of hydrogen-bond donors (Lipinski definition) is 1. The summed E-state index contributed by atoms with van der Waals surface area (Å²) in [4.78, 5) is 21.2. The molecule has 0 aliphatic rings. The van der Waals surface area contributed by atoms with Crippen LogP contribution in [0.2, 0.25) is 0 Å². The maximum atomic E-state index is 11.3. The lowest BCUT2D eigenvalue weighted by Gasteiger charge is -2.34. The molecule has 18 heavy (non-hydrogen) atoms. The molecule has 0 bridgehead atoms. The molecule has 1 rings (SSSR count). The van der Waals surface area contributed by atoms with Crippen molar-refractivity contribution in [2.45, 2.75) is 33.2 Å². The first-order valence-corrected chi connectivity index (χ1v) is 5.90. The third-order valence-corrected chi connectivity index (χ3v) is 2.67. The second kappa shape index (κ2) is 5.66. The van der Waals surface area contributed by atoms with Gasteiger partial charge in [0.1, 0.15) is 5.54 Å². The second-order valence-corrected chi connectivity index (χ2v) is 4.24. The van der Waals surface area contributed by atoms with Crippen molar-refractivity contribution >= 4 is 11.9 Å². The van der Waals surface area contributed by atoms with Gasteiger partial charge in [-0.1, -0.05) is 0 Å². The predicted molar refractivity (Wildman–Crippen MR) is 67.9 cm³/mol. The molecule has 1 aromatic heterocycles. The first-order valence-electron chi connectivity index (χ1n) is 5.90.